The molecule has 7 nitrogen and oxygen atoms in total. The summed E-state index contributed by atoms with van der Waals surface area (Å²) in [6.45, 7) is 4.77. The Bertz CT molecular complexity index is 1090. The van der Waals surface area contributed by atoms with Crippen LogP contribution in [0.1, 0.15) is 57.1 Å². The third-order valence-corrected chi connectivity index (χ3v) is 6.11. The lowest BCUT2D eigenvalue weighted by Gasteiger charge is -2.30. The number of rotatable bonds is 8. The van der Waals surface area contributed by atoms with E-state index in [0.29, 0.717) is 18.2 Å². The average Bonchev–Trinajstić information content (AvgIpc) is 3.28. The number of anilines is 3. The van der Waals surface area contributed by atoms with Gasteiger partial charge in [-0.25, -0.2) is 4.52 Å². The van der Waals surface area contributed by atoms with E-state index in [2.05, 4.69) is 28.7 Å². The summed E-state index contributed by atoms with van der Waals surface area (Å²) in [6, 6.07) is 12.9. The van der Waals surface area contributed by atoms with E-state index in [1.807, 2.05) is 41.8 Å². The molecule has 0 atom stereocenters. The van der Waals surface area contributed by atoms with Crippen LogP contribution in [0.2, 0.25) is 0 Å². The Kier molecular flexibility index (Phi) is 6.81. The average molecular weight is 433 g/mol. The van der Waals surface area contributed by atoms with Crippen molar-refractivity contribution in [1.29, 1.82) is 5.26 Å². The zero-order valence-electron chi connectivity index (χ0n) is 18.9. The highest BCUT2D eigenvalue weighted by molar-refractivity contribution is 5.82. The summed E-state index contributed by atoms with van der Waals surface area (Å²) in [4.78, 5) is 0. The number of benzene rings is 1. The quantitative estimate of drug-likeness (QED) is 0.464. The number of ether oxygens (including phenoxy) is 1. The first-order valence-corrected chi connectivity index (χ1v) is 11.6. The number of fused-ring (bicyclic) bond motifs is 1. The molecule has 0 saturated heterocycles. The zero-order valence-corrected chi connectivity index (χ0v) is 18.9. The van der Waals surface area contributed by atoms with Crippen molar-refractivity contribution in [3.63, 3.8) is 0 Å². The fourth-order valence-electron chi connectivity index (χ4n) is 4.50. The molecule has 4 N–H and O–H groups in total. The highest BCUT2D eigenvalue weighted by Crippen LogP contribution is 2.36. The molecule has 1 aliphatic rings. The topological polar surface area (TPSA) is 100 Å². The van der Waals surface area contributed by atoms with Crippen LogP contribution in [-0.4, -0.2) is 28.3 Å². The number of nitriles is 1. The lowest BCUT2D eigenvalue weighted by Crippen LogP contribution is -2.33. The lowest BCUT2D eigenvalue weighted by atomic mass is 9.91. The van der Waals surface area contributed by atoms with Crippen molar-refractivity contribution in [2.24, 2.45) is 5.73 Å². The molecule has 0 amide bonds. The molecule has 0 unspecified atom stereocenters. The SMILES string of the molecule is CCCc1c(NC2CCC(N)CC2)c(C#N)c2ccnn2c1Nc1ccc(OCC)cc1. The second-order valence-electron chi connectivity index (χ2n) is 8.41. The molecule has 1 fully saturated rings. The van der Waals surface area contributed by atoms with Crippen LogP contribution in [0.4, 0.5) is 17.2 Å². The predicted molar refractivity (Wildman–Crippen MR) is 129 cm³/mol. The number of nitrogens with zero attached hydrogens (tertiary/aromatic N) is 3. The fraction of sp³-hybridized carbons (Fsp3) is 0.440. The second-order valence-corrected chi connectivity index (χ2v) is 8.41. The third-order valence-electron chi connectivity index (χ3n) is 6.11. The van der Waals surface area contributed by atoms with Crippen molar-refractivity contribution in [3.8, 4) is 11.8 Å². The molecular formula is C25H32N6O. The number of nitrogens with two attached hydrogens (primary N) is 1. The third kappa shape index (κ3) is 4.51. The maximum absolute atomic E-state index is 10.1. The molecule has 0 bridgehead atoms. The van der Waals surface area contributed by atoms with E-state index >= 15 is 0 Å². The van der Waals surface area contributed by atoms with Gasteiger partial charge >= 0.3 is 0 Å². The van der Waals surface area contributed by atoms with Crippen molar-refractivity contribution < 1.29 is 4.74 Å². The predicted octanol–water partition coefficient (Wildman–Crippen LogP) is 4.98. The summed E-state index contributed by atoms with van der Waals surface area (Å²) >= 11 is 0. The fourth-order valence-corrected chi connectivity index (χ4v) is 4.50. The van der Waals surface area contributed by atoms with E-state index in [1.54, 1.807) is 6.20 Å². The summed E-state index contributed by atoms with van der Waals surface area (Å²) in [5.41, 5.74) is 10.5. The summed E-state index contributed by atoms with van der Waals surface area (Å²) in [6.07, 6.45) is 7.59. The van der Waals surface area contributed by atoms with Crippen LogP contribution in [0, 0.1) is 11.3 Å². The van der Waals surface area contributed by atoms with Crippen LogP contribution < -0.4 is 21.1 Å². The van der Waals surface area contributed by atoms with Crippen LogP contribution in [0.5, 0.6) is 5.75 Å². The van der Waals surface area contributed by atoms with E-state index in [9.17, 15) is 5.26 Å². The van der Waals surface area contributed by atoms with Crippen molar-refractivity contribution in [2.75, 3.05) is 17.2 Å². The van der Waals surface area contributed by atoms with Gasteiger partial charge in [0.1, 0.15) is 23.2 Å². The van der Waals surface area contributed by atoms with E-state index in [0.717, 1.165) is 72.5 Å². The highest BCUT2D eigenvalue weighted by Gasteiger charge is 2.24. The van der Waals surface area contributed by atoms with E-state index < -0.39 is 0 Å². The first-order chi connectivity index (χ1) is 15.6. The zero-order chi connectivity index (χ0) is 22.5. The van der Waals surface area contributed by atoms with Crippen molar-refractivity contribution in [2.45, 2.75) is 64.5 Å². The molecule has 0 aliphatic heterocycles. The first kappa shape index (κ1) is 22.0. The summed E-state index contributed by atoms with van der Waals surface area (Å²) in [5.74, 6) is 1.73. The Hall–Kier alpha value is -3.24. The van der Waals surface area contributed by atoms with Crippen LogP contribution in [0.25, 0.3) is 5.52 Å². The molecule has 7 heteroatoms. The Morgan fingerprint density at radius 3 is 2.56 bits per heavy atom. The van der Waals surface area contributed by atoms with E-state index in [4.69, 9.17) is 10.5 Å². The van der Waals surface area contributed by atoms with E-state index in [-0.39, 0.29) is 6.04 Å². The van der Waals surface area contributed by atoms with Crippen molar-refractivity contribution in [3.05, 3.63) is 47.7 Å². The Balaban J connectivity index is 1.77. The summed E-state index contributed by atoms with van der Waals surface area (Å²) < 4.78 is 7.42. The van der Waals surface area contributed by atoms with Crippen LogP contribution in [0.3, 0.4) is 0 Å². The number of hydrogen-bond acceptors (Lipinski definition) is 6. The van der Waals surface area contributed by atoms with Crippen LogP contribution in [0.15, 0.2) is 36.5 Å². The first-order valence-electron chi connectivity index (χ1n) is 11.6. The largest absolute Gasteiger partial charge is 0.494 e. The highest BCUT2D eigenvalue weighted by atomic mass is 16.5. The summed E-state index contributed by atoms with van der Waals surface area (Å²) in [7, 11) is 0. The molecule has 2 aromatic heterocycles. The minimum atomic E-state index is 0.285. The molecule has 32 heavy (non-hydrogen) atoms. The van der Waals surface area contributed by atoms with Gasteiger partial charge in [-0.3, -0.25) is 0 Å². The Labute approximate surface area is 189 Å². The normalized spacial score (nSPS) is 18.3. The molecule has 3 aromatic rings. The molecule has 0 radical (unpaired) electrons. The number of nitrogens with one attached hydrogen (secondary N) is 2. The molecule has 0 spiro atoms. The molecule has 168 valence electrons. The van der Waals surface area contributed by atoms with Crippen LogP contribution in [-0.2, 0) is 6.42 Å². The van der Waals surface area contributed by atoms with E-state index in [1.165, 1.54) is 0 Å². The summed E-state index contributed by atoms with van der Waals surface area (Å²) in [5, 5.41) is 21.9. The Morgan fingerprint density at radius 1 is 1.16 bits per heavy atom. The molecule has 1 aliphatic carbocycles. The second kappa shape index (κ2) is 9.92. The maximum Gasteiger partial charge on any atom is 0.137 e. The number of hydrogen-bond donors (Lipinski definition) is 3. The lowest BCUT2D eigenvalue weighted by molar-refractivity contribution is 0.340. The van der Waals surface area contributed by atoms with Crippen LogP contribution >= 0.6 is 0 Å². The molecule has 1 saturated carbocycles. The van der Waals surface area contributed by atoms with Gasteiger partial charge in [0.05, 0.1) is 24.0 Å². The number of aromatic nitrogens is 2. The maximum atomic E-state index is 10.1. The molecular weight excluding hydrogens is 400 g/mol. The van der Waals surface area contributed by atoms with Gasteiger partial charge in [0.15, 0.2) is 0 Å². The molecule has 4 rings (SSSR count). The van der Waals surface area contributed by atoms with Gasteiger partial charge in [0.2, 0.25) is 0 Å². The monoisotopic (exact) mass is 432 g/mol. The Morgan fingerprint density at radius 2 is 1.91 bits per heavy atom. The standard InChI is InChI=1S/C25H32N6O/c1-3-5-21-24(29-18-8-6-17(27)7-9-18)22(16-26)23-14-15-28-31(23)25(21)30-19-10-12-20(13-11-19)32-4-2/h10-15,17-18,29-30H,3-9,27H2,1-2H3. The van der Waals surface area contributed by atoms with Crippen molar-refractivity contribution in [1.82, 2.24) is 9.61 Å². The van der Waals surface area contributed by atoms with Gasteiger partial charge in [-0.15, -0.1) is 0 Å². The van der Waals surface area contributed by atoms with Gasteiger partial charge in [0.25, 0.3) is 0 Å². The smallest absolute Gasteiger partial charge is 0.137 e. The van der Waals surface area contributed by atoms with Gasteiger partial charge in [-0.2, -0.15) is 10.4 Å². The molecule has 1 aromatic carbocycles. The van der Waals surface area contributed by atoms with Gasteiger partial charge < -0.3 is 21.1 Å². The van der Waals surface area contributed by atoms with Gasteiger partial charge in [-0.05, 0) is 69.4 Å². The van der Waals surface area contributed by atoms with Crippen molar-refractivity contribution >= 4 is 22.7 Å². The number of pyridine rings is 1. The molecule has 2 heterocycles. The van der Waals surface area contributed by atoms with Gasteiger partial charge in [0, 0.05) is 23.3 Å². The minimum absolute atomic E-state index is 0.285. The minimum Gasteiger partial charge on any atom is -0.494 e. The van der Waals surface area contributed by atoms with Gasteiger partial charge in [-0.1, -0.05) is 13.3 Å².